The minimum atomic E-state index is -0.531. The van der Waals surface area contributed by atoms with Crippen molar-refractivity contribution in [1.29, 1.82) is 0 Å². The average molecular weight is 199 g/mol. The number of nitrogens with two attached hydrogens (primary N) is 1. The Bertz CT molecular complexity index is 290. The Morgan fingerprint density at radius 2 is 1.64 bits per heavy atom. The van der Waals surface area contributed by atoms with Gasteiger partial charge in [-0.05, 0) is 37.0 Å². The first-order valence-electron chi connectivity index (χ1n) is 4.69. The number of rotatable bonds is 3. The molecule has 1 aromatic rings. The standard InChI is InChI=1S/C11H15F2N/c1-7(8(2)14)3-9-4-10(12)6-11(13)5-9/h4-8H,3,14H2,1-2H3. The quantitative estimate of drug-likeness (QED) is 0.795. The predicted molar refractivity (Wildman–Crippen MR) is 52.9 cm³/mol. The van der Waals surface area contributed by atoms with Crippen molar-refractivity contribution in [3.8, 4) is 0 Å². The average Bonchev–Trinajstić information content (AvgIpc) is 2.01. The molecule has 78 valence electrons. The zero-order valence-electron chi connectivity index (χ0n) is 8.43. The van der Waals surface area contributed by atoms with Gasteiger partial charge in [-0.25, -0.2) is 8.78 Å². The Hall–Kier alpha value is -0.960. The largest absolute Gasteiger partial charge is 0.328 e. The van der Waals surface area contributed by atoms with Crippen LogP contribution in [0.3, 0.4) is 0 Å². The first-order chi connectivity index (χ1) is 6.49. The molecule has 0 saturated carbocycles. The predicted octanol–water partition coefficient (Wildman–Crippen LogP) is 2.49. The van der Waals surface area contributed by atoms with E-state index in [9.17, 15) is 8.78 Å². The normalized spacial score (nSPS) is 15.2. The van der Waals surface area contributed by atoms with Crippen LogP contribution in [0.2, 0.25) is 0 Å². The summed E-state index contributed by atoms with van der Waals surface area (Å²) in [5.74, 6) is -0.843. The lowest BCUT2D eigenvalue weighted by atomic mass is 9.95. The molecule has 0 saturated heterocycles. The summed E-state index contributed by atoms with van der Waals surface area (Å²) < 4.78 is 25.6. The second-order valence-corrected chi connectivity index (χ2v) is 3.82. The van der Waals surface area contributed by atoms with Crippen LogP contribution in [0, 0.1) is 17.6 Å². The molecule has 0 aliphatic rings. The van der Waals surface area contributed by atoms with Crippen molar-refractivity contribution in [1.82, 2.24) is 0 Å². The van der Waals surface area contributed by atoms with Crippen LogP contribution >= 0.6 is 0 Å². The van der Waals surface area contributed by atoms with Crippen molar-refractivity contribution in [3.63, 3.8) is 0 Å². The van der Waals surface area contributed by atoms with Crippen molar-refractivity contribution in [3.05, 3.63) is 35.4 Å². The van der Waals surface area contributed by atoms with Crippen LogP contribution in [0.15, 0.2) is 18.2 Å². The Labute approximate surface area is 82.9 Å². The molecule has 14 heavy (non-hydrogen) atoms. The molecule has 0 aliphatic heterocycles. The molecule has 0 bridgehead atoms. The van der Waals surface area contributed by atoms with Gasteiger partial charge in [-0.2, -0.15) is 0 Å². The van der Waals surface area contributed by atoms with Gasteiger partial charge in [-0.3, -0.25) is 0 Å². The Morgan fingerprint density at radius 1 is 1.14 bits per heavy atom. The van der Waals surface area contributed by atoms with Crippen molar-refractivity contribution >= 4 is 0 Å². The maximum absolute atomic E-state index is 12.8. The third-order valence-corrected chi connectivity index (χ3v) is 2.38. The van der Waals surface area contributed by atoms with E-state index in [-0.39, 0.29) is 12.0 Å². The summed E-state index contributed by atoms with van der Waals surface area (Å²) in [6, 6.07) is 3.60. The van der Waals surface area contributed by atoms with E-state index in [1.165, 1.54) is 12.1 Å². The summed E-state index contributed by atoms with van der Waals surface area (Å²) >= 11 is 0. The lowest BCUT2D eigenvalue weighted by Gasteiger charge is -2.15. The number of hydrogen-bond acceptors (Lipinski definition) is 1. The van der Waals surface area contributed by atoms with E-state index in [1.54, 1.807) is 0 Å². The molecule has 1 rings (SSSR count). The van der Waals surface area contributed by atoms with Gasteiger partial charge in [0.25, 0.3) is 0 Å². The molecular weight excluding hydrogens is 184 g/mol. The van der Waals surface area contributed by atoms with Crippen LogP contribution in [0.1, 0.15) is 19.4 Å². The van der Waals surface area contributed by atoms with Gasteiger partial charge in [0.15, 0.2) is 0 Å². The first-order valence-corrected chi connectivity index (χ1v) is 4.69. The molecule has 0 aromatic heterocycles. The third-order valence-electron chi connectivity index (χ3n) is 2.38. The van der Waals surface area contributed by atoms with Crippen molar-refractivity contribution in [2.75, 3.05) is 0 Å². The van der Waals surface area contributed by atoms with E-state index in [1.807, 2.05) is 13.8 Å². The molecule has 2 atom stereocenters. The van der Waals surface area contributed by atoms with Crippen LogP contribution in [0.5, 0.6) is 0 Å². The molecule has 1 nitrogen and oxygen atoms in total. The van der Waals surface area contributed by atoms with Crippen LogP contribution in [-0.2, 0) is 6.42 Å². The Morgan fingerprint density at radius 3 is 2.07 bits per heavy atom. The van der Waals surface area contributed by atoms with Crippen LogP contribution in [0.4, 0.5) is 8.78 Å². The fraction of sp³-hybridized carbons (Fsp3) is 0.455. The van der Waals surface area contributed by atoms with Gasteiger partial charge in [-0.1, -0.05) is 6.92 Å². The zero-order chi connectivity index (χ0) is 10.7. The Balaban J connectivity index is 2.76. The van der Waals surface area contributed by atoms with Crippen LogP contribution in [-0.4, -0.2) is 6.04 Å². The van der Waals surface area contributed by atoms with Crippen molar-refractivity contribution in [2.24, 2.45) is 11.7 Å². The maximum atomic E-state index is 12.8. The van der Waals surface area contributed by atoms with E-state index in [0.29, 0.717) is 12.0 Å². The van der Waals surface area contributed by atoms with E-state index >= 15 is 0 Å². The molecular formula is C11H15F2N. The van der Waals surface area contributed by atoms with Gasteiger partial charge in [-0.15, -0.1) is 0 Å². The van der Waals surface area contributed by atoms with Gasteiger partial charge < -0.3 is 5.73 Å². The maximum Gasteiger partial charge on any atom is 0.126 e. The molecule has 0 radical (unpaired) electrons. The van der Waals surface area contributed by atoms with E-state index in [2.05, 4.69) is 0 Å². The molecule has 0 spiro atoms. The minimum absolute atomic E-state index is 0.0290. The molecule has 2 N–H and O–H groups in total. The van der Waals surface area contributed by atoms with E-state index in [4.69, 9.17) is 5.73 Å². The Kier molecular flexibility index (Phi) is 3.58. The summed E-state index contributed by atoms with van der Waals surface area (Å²) in [5.41, 5.74) is 6.33. The number of benzene rings is 1. The molecule has 0 amide bonds. The number of halogens is 2. The van der Waals surface area contributed by atoms with Crippen LogP contribution in [0.25, 0.3) is 0 Å². The lowest BCUT2D eigenvalue weighted by molar-refractivity contribution is 0.478. The van der Waals surface area contributed by atoms with Crippen molar-refractivity contribution < 1.29 is 8.78 Å². The summed E-state index contributed by atoms with van der Waals surface area (Å²) in [5, 5.41) is 0. The fourth-order valence-electron chi connectivity index (χ4n) is 1.29. The fourth-order valence-corrected chi connectivity index (χ4v) is 1.29. The summed E-state index contributed by atoms with van der Waals surface area (Å²) in [6.45, 7) is 3.85. The highest BCUT2D eigenvalue weighted by atomic mass is 19.1. The second kappa shape index (κ2) is 4.51. The summed E-state index contributed by atoms with van der Waals surface area (Å²) in [6.07, 6.45) is 0.604. The van der Waals surface area contributed by atoms with Gasteiger partial charge in [0.1, 0.15) is 11.6 Å². The van der Waals surface area contributed by atoms with Gasteiger partial charge in [0.2, 0.25) is 0 Å². The van der Waals surface area contributed by atoms with Crippen LogP contribution < -0.4 is 5.73 Å². The molecule has 0 heterocycles. The molecule has 0 aliphatic carbocycles. The first kappa shape index (κ1) is 11.1. The van der Waals surface area contributed by atoms with Gasteiger partial charge in [0.05, 0.1) is 0 Å². The lowest BCUT2D eigenvalue weighted by Crippen LogP contribution is -2.25. The van der Waals surface area contributed by atoms with Crippen molar-refractivity contribution in [2.45, 2.75) is 26.3 Å². The molecule has 1 aromatic carbocycles. The van der Waals surface area contributed by atoms with Gasteiger partial charge >= 0.3 is 0 Å². The highest BCUT2D eigenvalue weighted by molar-refractivity contribution is 5.18. The minimum Gasteiger partial charge on any atom is -0.328 e. The zero-order valence-corrected chi connectivity index (χ0v) is 8.43. The second-order valence-electron chi connectivity index (χ2n) is 3.82. The summed E-state index contributed by atoms with van der Waals surface area (Å²) in [7, 11) is 0. The van der Waals surface area contributed by atoms with Gasteiger partial charge in [0, 0.05) is 12.1 Å². The summed E-state index contributed by atoms with van der Waals surface area (Å²) in [4.78, 5) is 0. The van der Waals surface area contributed by atoms with E-state index in [0.717, 1.165) is 6.07 Å². The smallest absolute Gasteiger partial charge is 0.126 e. The highest BCUT2D eigenvalue weighted by Crippen LogP contribution is 2.14. The number of hydrogen-bond donors (Lipinski definition) is 1. The van der Waals surface area contributed by atoms with E-state index < -0.39 is 11.6 Å². The topological polar surface area (TPSA) is 26.0 Å². The third kappa shape index (κ3) is 3.07. The molecule has 2 unspecified atom stereocenters. The molecule has 0 fully saturated rings. The highest BCUT2D eigenvalue weighted by Gasteiger charge is 2.09. The molecule has 3 heteroatoms. The monoisotopic (exact) mass is 199 g/mol. The SMILES string of the molecule is CC(N)C(C)Cc1cc(F)cc(F)c1.